The highest BCUT2D eigenvalue weighted by Gasteiger charge is 2.52. The van der Waals surface area contributed by atoms with Crippen molar-refractivity contribution in [2.45, 2.75) is 45.2 Å². The van der Waals surface area contributed by atoms with Gasteiger partial charge < -0.3 is 23.7 Å². The van der Waals surface area contributed by atoms with E-state index in [1.807, 2.05) is 0 Å². The Kier molecular flexibility index (Phi) is 7.81. The van der Waals surface area contributed by atoms with Gasteiger partial charge in [0.05, 0.1) is 20.8 Å². The van der Waals surface area contributed by atoms with Crippen molar-refractivity contribution < 1.29 is 47.7 Å². The van der Waals surface area contributed by atoms with Crippen LogP contribution in [-0.4, -0.2) is 80.2 Å². The van der Waals surface area contributed by atoms with E-state index < -0.39 is 54.6 Å². The van der Waals surface area contributed by atoms with Crippen LogP contribution in [0, 0.1) is 0 Å². The van der Waals surface area contributed by atoms with Crippen LogP contribution in [0.5, 0.6) is 0 Å². The van der Waals surface area contributed by atoms with E-state index in [2.05, 4.69) is 14.8 Å². The molecule has 0 radical (unpaired) electrons. The highest BCUT2D eigenvalue weighted by molar-refractivity contribution is 5.73. The normalized spacial score (nSPS) is 24.3. The summed E-state index contributed by atoms with van der Waals surface area (Å²) in [6, 6.07) is 0. The lowest BCUT2D eigenvalue weighted by molar-refractivity contribution is -0.202. The molecule has 27 heavy (non-hydrogen) atoms. The zero-order valence-electron chi connectivity index (χ0n) is 15.5. The standard InChI is InChI=1S/C15H22N2O10/c1-7(18)25-10-6-17(15(22)24-5)13(16-14(21)23-4)12(27-9(3)20)11(10)26-8(2)19/h10-13H,6H2,1-5H3,(H,16,21)/t10-,11+,12+,13+/m1/s1. The minimum atomic E-state index is -1.40. The summed E-state index contributed by atoms with van der Waals surface area (Å²) in [5, 5.41) is 2.32. The van der Waals surface area contributed by atoms with E-state index in [0.29, 0.717) is 0 Å². The fourth-order valence-electron chi connectivity index (χ4n) is 2.60. The summed E-state index contributed by atoms with van der Waals surface area (Å²) in [5.41, 5.74) is 0. The first-order valence-corrected chi connectivity index (χ1v) is 7.81. The summed E-state index contributed by atoms with van der Waals surface area (Å²) in [6.07, 6.45) is -7.04. The summed E-state index contributed by atoms with van der Waals surface area (Å²) < 4.78 is 24.6. The van der Waals surface area contributed by atoms with Crippen LogP contribution in [0.25, 0.3) is 0 Å². The number of carbonyl (C=O) groups is 5. The van der Waals surface area contributed by atoms with Crippen molar-refractivity contribution in [2.75, 3.05) is 20.8 Å². The molecule has 1 N–H and O–H groups in total. The van der Waals surface area contributed by atoms with Crippen molar-refractivity contribution in [3.8, 4) is 0 Å². The summed E-state index contributed by atoms with van der Waals surface area (Å²) >= 11 is 0. The predicted molar refractivity (Wildman–Crippen MR) is 85.1 cm³/mol. The number of likely N-dealkylation sites (tertiary alicyclic amines) is 1. The molecule has 0 spiro atoms. The van der Waals surface area contributed by atoms with Crippen molar-refractivity contribution in [2.24, 2.45) is 0 Å². The van der Waals surface area contributed by atoms with E-state index in [4.69, 9.17) is 14.2 Å². The van der Waals surface area contributed by atoms with Crippen LogP contribution >= 0.6 is 0 Å². The van der Waals surface area contributed by atoms with Gasteiger partial charge in [0.1, 0.15) is 0 Å². The molecular weight excluding hydrogens is 368 g/mol. The Morgan fingerprint density at radius 1 is 0.815 bits per heavy atom. The Bertz CT molecular complexity index is 607. The lowest BCUT2D eigenvalue weighted by Gasteiger charge is -2.45. The zero-order valence-corrected chi connectivity index (χ0v) is 15.5. The van der Waals surface area contributed by atoms with Crippen LogP contribution in [0.4, 0.5) is 9.59 Å². The monoisotopic (exact) mass is 390 g/mol. The molecule has 1 aliphatic heterocycles. The molecule has 2 amide bonds. The third-order valence-electron chi connectivity index (χ3n) is 3.50. The van der Waals surface area contributed by atoms with Crippen LogP contribution in [0.2, 0.25) is 0 Å². The molecule has 1 aliphatic rings. The van der Waals surface area contributed by atoms with E-state index in [1.54, 1.807) is 0 Å². The first-order chi connectivity index (χ1) is 12.6. The van der Waals surface area contributed by atoms with Gasteiger partial charge in [-0.05, 0) is 0 Å². The minimum Gasteiger partial charge on any atom is -0.457 e. The second-order valence-corrected chi connectivity index (χ2v) is 5.50. The maximum absolute atomic E-state index is 12.2. The van der Waals surface area contributed by atoms with Crippen LogP contribution < -0.4 is 5.32 Å². The third kappa shape index (κ3) is 6.01. The van der Waals surface area contributed by atoms with Gasteiger partial charge in [0.2, 0.25) is 0 Å². The number of amides is 2. The van der Waals surface area contributed by atoms with Gasteiger partial charge in [0.25, 0.3) is 0 Å². The Labute approximate surface area is 155 Å². The largest absolute Gasteiger partial charge is 0.457 e. The van der Waals surface area contributed by atoms with Crippen molar-refractivity contribution in [3.63, 3.8) is 0 Å². The number of esters is 3. The number of nitrogens with zero attached hydrogens (tertiary/aromatic N) is 1. The van der Waals surface area contributed by atoms with Crippen LogP contribution in [-0.2, 0) is 38.1 Å². The Balaban J connectivity index is 3.39. The number of carbonyl (C=O) groups excluding carboxylic acids is 5. The SMILES string of the molecule is COC(=O)N[C@@H]1[C@@H](OC(C)=O)[C@@H](OC(C)=O)[C@H](OC(C)=O)CN1C(=O)OC. The number of methoxy groups -OCH3 is 2. The molecule has 0 unspecified atom stereocenters. The quantitative estimate of drug-likeness (QED) is 0.494. The molecule has 0 aromatic heterocycles. The van der Waals surface area contributed by atoms with Gasteiger partial charge in [-0.1, -0.05) is 0 Å². The van der Waals surface area contributed by atoms with Crippen molar-refractivity contribution >= 4 is 30.1 Å². The molecule has 1 rings (SSSR count). The van der Waals surface area contributed by atoms with Gasteiger partial charge in [-0.15, -0.1) is 0 Å². The molecule has 0 aromatic rings. The van der Waals surface area contributed by atoms with Crippen LogP contribution in [0.1, 0.15) is 20.8 Å². The summed E-state index contributed by atoms with van der Waals surface area (Å²) in [7, 11) is 2.18. The summed E-state index contributed by atoms with van der Waals surface area (Å²) in [6.45, 7) is 2.99. The highest BCUT2D eigenvalue weighted by atomic mass is 16.6. The molecule has 1 heterocycles. The molecule has 1 fully saturated rings. The molecule has 152 valence electrons. The van der Waals surface area contributed by atoms with E-state index in [9.17, 15) is 24.0 Å². The van der Waals surface area contributed by atoms with Gasteiger partial charge in [0, 0.05) is 20.8 Å². The molecular formula is C15H22N2O10. The lowest BCUT2D eigenvalue weighted by atomic mass is 9.98. The van der Waals surface area contributed by atoms with Crippen LogP contribution in [0.3, 0.4) is 0 Å². The van der Waals surface area contributed by atoms with E-state index in [-0.39, 0.29) is 6.54 Å². The average Bonchev–Trinajstić information content (AvgIpc) is 2.57. The molecule has 1 saturated heterocycles. The Morgan fingerprint density at radius 2 is 1.33 bits per heavy atom. The zero-order chi connectivity index (χ0) is 20.7. The van der Waals surface area contributed by atoms with Gasteiger partial charge in [-0.25, -0.2) is 9.59 Å². The van der Waals surface area contributed by atoms with E-state index in [0.717, 1.165) is 39.9 Å². The fraction of sp³-hybridized carbons (Fsp3) is 0.667. The van der Waals surface area contributed by atoms with Crippen molar-refractivity contribution in [1.29, 1.82) is 0 Å². The van der Waals surface area contributed by atoms with Gasteiger partial charge in [-0.3, -0.25) is 24.6 Å². The third-order valence-corrected chi connectivity index (χ3v) is 3.50. The predicted octanol–water partition coefficient (Wildman–Crippen LogP) is -0.454. The highest BCUT2D eigenvalue weighted by Crippen LogP contribution is 2.26. The number of piperidine rings is 1. The van der Waals surface area contributed by atoms with Gasteiger partial charge in [-0.2, -0.15) is 0 Å². The minimum absolute atomic E-state index is 0.309. The summed E-state index contributed by atoms with van der Waals surface area (Å²) in [5.74, 6) is -2.26. The second-order valence-electron chi connectivity index (χ2n) is 5.50. The number of hydrogen-bond donors (Lipinski definition) is 1. The first kappa shape index (κ1) is 22.0. The maximum atomic E-state index is 12.2. The Hall–Kier alpha value is -3.05. The van der Waals surface area contributed by atoms with Crippen molar-refractivity contribution in [1.82, 2.24) is 10.2 Å². The average molecular weight is 390 g/mol. The molecule has 4 atom stereocenters. The number of alkyl carbamates (subject to hydrolysis) is 1. The molecule has 0 bridgehead atoms. The first-order valence-electron chi connectivity index (χ1n) is 7.81. The van der Waals surface area contributed by atoms with Crippen LogP contribution in [0.15, 0.2) is 0 Å². The topological polar surface area (TPSA) is 147 Å². The van der Waals surface area contributed by atoms with E-state index >= 15 is 0 Å². The number of ether oxygens (including phenoxy) is 5. The maximum Gasteiger partial charge on any atom is 0.411 e. The Morgan fingerprint density at radius 3 is 1.78 bits per heavy atom. The summed E-state index contributed by atoms with van der Waals surface area (Å²) in [4.78, 5) is 59.3. The molecule has 0 saturated carbocycles. The molecule has 0 aliphatic carbocycles. The van der Waals surface area contributed by atoms with E-state index in [1.165, 1.54) is 0 Å². The second kappa shape index (κ2) is 9.59. The molecule has 12 heteroatoms. The van der Waals surface area contributed by atoms with Gasteiger partial charge in [0.15, 0.2) is 24.5 Å². The molecule has 12 nitrogen and oxygen atoms in total. The van der Waals surface area contributed by atoms with Gasteiger partial charge >= 0.3 is 30.1 Å². The van der Waals surface area contributed by atoms with Crippen molar-refractivity contribution in [3.05, 3.63) is 0 Å². The number of hydrogen-bond acceptors (Lipinski definition) is 10. The molecule has 0 aromatic carbocycles. The number of rotatable bonds is 4. The number of nitrogens with one attached hydrogen (secondary N) is 1. The smallest absolute Gasteiger partial charge is 0.411 e. The lowest BCUT2D eigenvalue weighted by Crippen LogP contribution is -2.70. The fourth-order valence-corrected chi connectivity index (χ4v) is 2.60.